The van der Waals surface area contributed by atoms with Gasteiger partial charge in [-0.25, -0.2) is 0 Å². The molecule has 0 spiro atoms. The Hall–Kier alpha value is -0.220. The van der Waals surface area contributed by atoms with Crippen LogP contribution in [0.2, 0.25) is 0 Å². The molecule has 1 aliphatic rings. The van der Waals surface area contributed by atoms with Crippen molar-refractivity contribution in [1.29, 1.82) is 5.26 Å². The van der Waals surface area contributed by atoms with Crippen LogP contribution in [-0.4, -0.2) is 5.88 Å². The molecule has 1 saturated carbocycles. The van der Waals surface area contributed by atoms with Crippen molar-refractivity contribution >= 4 is 11.6 Å². The lowest BCUT2D eigenvalue weighted by Gasteiger charge is -2.34. The third-order valence-corrected chi connectivity index (χ3v) is 2.60. The third-order valence-electron chi connectivity index (χ3n) is 2.34. The van der Waals surface area contributed by atoms with Gasteiger partial charge in [0, 0.05) is 5.88 Å². The molecule has 0 unspecified atom stereocenters. The lowest BCUT2D eigenvalue weighted by Crippen LogP contribution is -2.27. The van der Waals surface area contributed by atoms with E-state index in [0.29, 0.717) is 5.88 Å². The molecule has 0 amide bonds. The first-order chi connectivity index (χ1) is 4.83. The number of hydrogen-bond donors (Lipinski definition) is 0. The SMILES string of the molecule is N#CC1(CCCCl)CCC1. The van der Waals surface area contributed by atoms with Gasteiger partial charge in [0.1, 0.15) is 0 Å². The summed E-state index contributed by atoms with van der Waals surface area (Å²) in [5.74, 6) is 0.698. The Balaban J connectivity index is 2.29. The molecule has 1 nitrogen and oxygen atoms in total. The van der Waals surface area contributed by atoms with Gasteiger partial charge in [-0.15, -0.1) is 11.6 Å². The highest BCUT2D eigenvalue weighted by Crippen LogP contribution is 2.43. The summed E-state index contributed by atoms with van der Waals surface area (Å²) in [5, 5.41) is 8.77. The zero-order valence-corrected chi connectivity index (χ0v) is 6.82. The molecule has 1 fully saturated rings. The number of nitrogens with zero attached hydrogens (tertiary/aromatic N) is 1. The van der Waals surface area contributed by atoms with Crippen LogP contribution in [0.4, 0.5) is 0 Å². The van der Waals surface area contributed by atoms with Gasteiger partial charge in [0.15, 0.2) is 0 Å². The summed E-state index contributed by atoms with van der Waals surface area (Å²) in [7, 11) is 0. The van der Waals surface area contributed by atoms with E-state index in [1.54, 1.807) is 0 Å². The minimum Gasteiger partial charge on any atom is -0.198 e. The number of nitriles is 1. The monoisotopic (exact) mass is 157 g/mol. The maximum absolute atomic E-state index is 8.77. The number of hydrogen-bond acceptors (Lipinski definition) is 1. The minimum atomic E-state index is 0.0366. The van der Waals surface area contributed by atoms with Crippen molar-refractivity contribution in [3.63, 3.8) is 0 Å². The van der Waals surface area contributed by atoms with E-state index in [1.165, 1.54) is 6.42 Å². The Bertz CT molecular complexity index is 144. The highest BCUT2D eigenvalue weighted by atomic mass is 35.5. The van der Waals surface area contributed by atoms with E-state index in [-0.39, 0.29) is 5.41 Å². The van der Waals surface area contributed by atoms with Crippen molar-refractivity contribution in [2.24, 2.45) is 5.41 Å². The van der Waals surface area contributed by atoms with Crippen molar-refractivity contribution in [2.75, 3.05) is 5.88 Å². The van der Waals surface area contributed by atoms with Crippen molar-refractivity contribution in [3.05, 3.63) is 0 Å². The molecule has 0 bridgehead atoms. The molecule has 2 heteroatoms. The van der Waals surface area contributed by atoms with Crippen LogP contribution in [0.15, 0.2) is 0 Å². The standard InChI is InChI=1S/C8H12ClN/c9-6-2-5-8(7-10)3-1-4-8/h1-6H2. The molecular formula is C8H12ClN. The molecule has 0 aromatic rings. The summed E-state index contributed by atoms with van der Waals surface area (Å²) in [4.78, 5) is 0. The molecule has 0 aromatic heterocycles. The van der Waals surface area contributed by atoms with E-state index in [9.17, 15) is 0 Å². The van der Waals surface area contributed by atoms with Crippen LogP contribution in [0.1, 0.15) is 32.1 Å². The van der Waals surface area contributed by atoms with E-state index in [0.717, 1.165) is 25.7 Å². The average Bonchev–Trinajstić information content (AvgIpc) is 1.87. The van der Waals surface area contributed by atoms with Gasteiger partial charge in [0.2, 0.25) is 0 Å². The Morgan fingerprint density at radius 1 is 1.50 bits per heavy atom. The second kappa shape index (κ2) is 3.25. The molecule has 10 heavy (non-hydrogen) atoms. The van der Waals surface area contributed by atoms with E-state index < -0.39 is 0 Å². The lowest BCUT2D eigenvalue weighted by atomic mass is 9.67. The van der Waals surface area contributed by atoms with Gasteiger partial charge in [-0.05, 0) is 25.7 Å². The summed E-state index contributed by atoms with van der Waals surface area (Å²) < 4.78 is 0. The van der Waals surface area contributed by atoms with E-state index >= 15 is 0 Å². The van der Waals surface area contributed by atoms with Gasteiger partial charge in [-0.2, -0.15) is 5.26 Å². The van der Waals surface area contributed by atoms with Gasteiger partial charge in [0.25, 0.3) is 0 Å². The van der Waals surface area contributed by atoms with Crippen molar-refractivity contribution in [3.8, 4) is 6.07 Å². The predicted octanol–water partition coefficient (Wildman–Crippen LogP) is 2.70. The zero-order chi connectivity index (χ0) is 7.45. The first kappa shape index (κ1) is 7.88. The smallest absolute Gasteiger partial charge is 0.0689 e. The summed E-state index contributed by atoms with van der Waals surface area (Å²) in [6.07, 6.45) is 5.43. The molecule has 1 rings (SSSR count). The van der Waals surface area contributed by atoms with E-state index in [4.69, 9.17) is 16.9 Å². The zero-order valence-electron chi connectivity index (χ0n) is 6.07. The number of halogens is 1. The van der Waals surface area contributed by atoms with Crippen LogP contribution in [-0.2, 0) is 0 Å². The Morgan fingerprint density at radius 2 is 2.20 bits per heavy atom. The van der Waals surface area contributed by atoms with Crippen LogP contribution >= 0.6 is 11.6 Å². The summed E-state index contributed by atoms with van der Waals surface area (Å²) in [6.45, 7) is 0. The van der Waals surface area contributed by atoms with Gasteiger partial charge in [-0.1, -0.05) is 6.42 Å². The first-order valence-corrected chi connectivity index (χ1v) is 4.34. The molecule has 0 saturated heterocycles. The molecule has 0 heterocycles. The highest BCUT2D eigenvalue weighted by Gasteiger charge is 2.35. The van der Waals surface area contributed by atoms with Gasteiger partial charge in [-0.3, -0.25) is 0 Å². The van der Waals surface area contributed by atoms with Gasteiger partial charge in [0.05, 0.1) is 11.5 Å². The molecular weight excluding hydrogens is 146 g/mol. The van der Waals surface area contributed by atoms with E-state index in [1.807, 2.05) is 0 Å². The largest absolute Gasteiger partial charge is 0.198 e. The van der Waals surface area contributed by atoms with E-state index in [2.05, 4.69) is 6.07 Å². The maximum Gasteiger partial charge on any atom is 0.0689 e. The molecule has 56 valence electrons. The Labute approximate surface area is 67.0 Å². The lowest BCUT2D eigenvalue weighted by molar-refractivity contribution is 0.197. The Morgan fingerprint density at radius 3 is 2.50 bits per heavy atom. The minimum absolute atomic E-state index is 0.0366. The average molecular weight is 158 g/mol. The Kier molecular flexibility index (Phi) is 2.56. The second-order valence-electron chi connectivity index (χ2n) is 3.04. The molecule has 0 N–H and O–H groups in total. The predicted molar refractivity (Wildman–Crippen MR) is 41.9 cm³/mol. The van der Waals surface area contributed by atoms with Gasteiger partial charge < -0.3 is 0 Å². The summed E-state index contributed by atoms with van der Waals surface area (Å²) in [6, 6.07) is 2.39. The van der Waals surface area contributed by atoms with Crippen molar-refractivity contribution in [2.45, 2.75) is 32.1 Å². The van der Waals surface area contributed by atoms with Crippen LogP contribution in [0.25, 0.3) is 0 Å². The van der Waals surface area contributed by atoms with Crippen molar-refractivity contribution in [1.82, 2.24) is 0 Å². The van der Waals surface area contributed by atoms with Crippen LogP contribution < -0.4 is 0 Å². The molecule has 0 radical (unpaired) electrons. The number of rotatable bonds is 3. The maximum atomic E-state index is 8.77. The normalized spacial score (nSPS) is 21.2. The van der Waals surface area contributed by atoms with Gasteiger partial charge >= 0.3 is 0 Å². The molecule has 0 atom stereocenters. The number of alkyl halides is 1. The fraction of sp³-hybridized carbons (Fsp3) is 0.875. The van der Waals surface area contributed by atoms with Crippen molar-refractivity contribution < 1.29 is 0 Å². The summed E-state index contributed by atoms with van der Waals surface area (Å²) in [5.41, 5.74) is 0.0366. The second-order valence-corrected chi connectivity index (χ2v) is 3.42. The molecule has 0 aromatic carbocycles. The molecule has 0 aliphatic heterocycles. The molecule has 1 aliphatic carbocycles. The first-order valence-electron chi connectivity index (χ1n) is 3.80. The van der Waals surface area contributed by atoms with Crippen LogP contribution in [0, 0.1) is 16.7 Å². The third kappa shape index (κ3) is 1.44. The summed E-state index contributed by atoms with van der Waals surface area (Å²) >= 11 is 5.54. The topological polar surface area (TPSA) is 23.8 Å². The quantitative estimate of drug-likeness (QED) is 0.578. The highest BCUT2D eigenvalue weighted by molar-refractivity contribution is 6.17. The van der Waals surface area contributed by atoms with Crippen LogP contribution in [0.5, 0.6) is 0 Å². The van der Waals surface area contributed by atoms with Crippen LogP contribution in [0.3, 0.4) is 0 Å². The fourth-order valence-electron chi connectivity index (χ4n) is 1.43. The fourth-order valence-corrected chi connectivity index (χ4v) is 1.56.